The Kier molecular flexibility index (Phi) is 6.72. The van der Waals surface area contributed by atoms with Gasteiger partial charge in [0.25, 0.3) is 5.91 Å². The Morgan fingerprint density at radius 2 is 1.90 bits per heavy atom. The summed E-state index contributed by atoms with van der Waals surface area (Å²) in [4.78, 5) is 26.4. The lowest BCUT2D eigenvalue weighted by atomic mass is 9.99. The number of ether oxygens (including phenoxy) is 2. The summed E-state index contributed by atoms with van der Waals surface area (Å²) in [5.74, 6) is -0.560. The molecule has 1 saturated heterocycles. The van der Waals surface area contributed by atoms with Gasteiger partial charge in [-0.15, -0.1) is 11.3 Å². The molecule has 0 bridgehead atoms. The standard InChI is InChI=1S/C22H28N2O4S/c1-13-6-7-17(8-14(13)2)18-12-29-21(20(18)22(26)27-5)23-19(25)11-24-9-15(3)28-16(4)10-24/h6-8,12,15-16H,9-11H2,1-5H3,(H,23,25)/p+1. The molecule has 1 aromatic heterocycles. The number of amides is 1. The van der Waals surface area contributed by atoms with E-state index in [1.807, 2.05) is 38.3 Å². The van der Waals surface area contributed by atoms with E-state index in [2.05, 4.69) is 18.3 Å². The summed E-state index contributed by atoms with van der Waals surface area (Å²) in [5.41, 5.74) is 4.46. The third kappa shape index (κ3) is 5.04. The highest BCUT2D eigenvalue weighted by atomic mass is 32.1. The van der Waals surface area contributed by atoms with Crippen molar-refractivity contribution in [3.8, 4) is 11.1 Å². The predicted octanol–water partition coefficient (Wildman–Crippen LogP) is 2.45. The van der Waals surface area contributed by atoms with Crippen LogP contribution in [0.3, 0.4) is 0 Å². The third-order valence-electron chi connectivity index (χ3n) is 5.28. The van der Waals surface area contributed by atoms with Crippen LogP contribution in [0.1, 0.15) is 35.3 Å². The Hall–Kier alpha value is -2.22. The number of quaternary nitrogens is 1. The lowest BCUT2D eigenvalue weighted by Crippen LogP contribution is -3.16. The fourth-order valence-electron chi connectivity index (χ4n) is 3.81. The van der Waals surface area contributed by atoms with Gasteiger partial charge >= 0.3 is 5.97 Å². The molecule has 1 aliphatic heterocycles. The number of aryl methyl sites for hydroxylation is 2. The molecule has 2 N–H and O–H groups in total. The fourth-order valence-corrected chi connectivity index (χ4v) is 4.78. The Balaban J connectivity index is 1.82. The lowest BCUT2D eigenvalue weighted by molar-refractivity contribution is -0.907. The molecule has 1 aromatic carbocycles. The third-order valence-corrected chi connectivity index (χ3v) is 6.17. The predicted molar refractivity (Wildman–Crippen MR) is 115 cm³/mol. The zero-order chi connectivity index (χ0) is 21.1. The van der Waals surface area contributed by atoms with Crippen LogP contribution in [-0.4, -0.2) is 50.8 Å². The molecule has 1 amide bonds. The zero-order valence-electron chi connectivity index (χ0n) is 17.6. The first-order valence-corrected chi connectivity index (χ1v) is 10.7. The Labute approximate surface area is 175 Å². The maximum absolute atomic E-state index is 12.7. The largest absolute Gasteiger partial charge is 0.465 e. The van der Waals surface area contributed by atoms with Crippen LogP contribution in [0.5, 0.6) is 0 Å². The number of nitrogens with one attached hydrogen (secondary N) is 2. The van der Waals surface area contributed by atoms with Gasteiger partial charge in [0, 0.05) is 10.9 Å². The fraction of sp³-hybridized carbons (Fsp3) is 0.455. The van der Waals surface area contributed by atoms with Crippen LogP contribution in [0.4, 0.5) is 5.00 Å². The number of anilines is 1. The van der Waals surface area contributed by atoms with E-state index in [1.165, 1.54) is 28.9 Å². The van der Waals surface area contributed by atoms with Crippen molar-refractivity contribution in [1.82, 2.24) is 0 Å². The SMILES string of the molecule is COC(=O)c1c(-c2ccc(C)c(C)c2)csc1NC(=O)C[NH+]1CC(C)OC(C)C1. The first-order chi connectivity index (χ1) is 13.8. The minimum absolute atomic E-state index is 0.111. The first kappa shape index (κ1) is 21.5. The summed E-state index contributed by atoms with van der Waals surface area (Å²) in [7, 11) is 1.36. The van der Waals surface area contributed by atoms with Gasteiger partial charge in [-0.1, -0.05) is 18.2 Å². The molecule has 0 saturated carbocycles. The highest BCUT2D eigenvalue weighted by Crippen LogP contribution is 2.36. The highest BCUT2D eigenvalue weighted by Gasteiger charge is 2.28. The topological polar surface area (TPSA) is 69.1 Å². The van der Waals surface area contributed by atoms with E-state index in [1.54, 1.807) is 0 Å². The van der Waals surface area contributed by atoms with E-state index >= 15 is 0 Å². The maximum Gasteiger partial charge on any atom is 0.341 e. The van der Waals surface area contributed by atoms with Crippen LogP contribution in [-0.2, 0) is 14.3 Å². The van der Waals surface area contributed by atoms with Gasteiger partial charge in [-0.2, -0.15) is 0 Å². The molecule has 2 unspecified atom stereocenters. The van der Waals surface area contributed by atoms with E-state index in [0.717, 1.165) is 29.8 Å². The molecule has 156 valence electrons. The molecule has 1 aliphatic rings. The number of methoxy groups -OCH3 is 1. The zero-order valence-corrected chi connectivity index (χ0v) is 18.4. The molecule has 0 aliphatic carbocycles. The van der Waals surface area contributed by atoms with Gasteiger partial charge in [-0.3, -0.25) is 4.79 Å². The number of morpholine rings is 1. The molecule has 2 aromatic rings. The van der Waals surface area contributed by atoms with Crippen LogP contribution >= 0.6 is 11.3 Å². The Morgan fingerprint density at radius 3 is 2.52 bits per heavy atom. The number of hydrogen-bond acceptors (Lipinski definition) is 5. The van der Waals surface area contributed by atoms with Crippen LogP contribution in [0.15, 0.2) is 23.6 Å². The summed E-state index contributed by atoms with van der Waals surface area (Å²) in [6, 6.07) is 6.07. The van der Waals surface area contributed by atoms with Gasteiger partial charge < -0.3 is 19.7 Å². The van der Waals surface area contributed by atoms with E-state index in [9.17, 15) is 9.59 Å². The minimum atomic E-state index is -0.448. The molecular weight excluding hydrogens is 388 g/mol. The number of rotatable bonds is 5. The second-order valence-corrected chi connectivity index (χ2v) is 8.66. The van der Waals surface area contributed by atoms with Crippen LogP contribution in [0.25, 0.3) is 11.1 Å². The summed E-state index contributed by atoms with van der Waals surface area (Å²) < 4.78 is 10.7. The molecule has 0 radical (unpaired) electrons. The molecule has 6 nitrogen and oxygen atoms in total. The van der Waals surface area contributed by atoms with Crippen molar-refractivity contribution in [3.63, 3.8) is 0 Å². The van der Waals surface area contributed by atoms with Crippen LogP contribution in [0, 0.1) is 13.8 Å². The monoisotopic (exact) mass is 417 g/mol. The number of esters is 1. The Bertz CT molecular complexity index is 898. The lowest BCUT2D eigenvalue weighted by Gasteiger charge is -2.31. The van der Waals surface area contributed by atoms with Crippen molar-refractivity contribution in [2.24, 2.45) is 0 Å². The van der Waals surface area contributed by atoms with Crippen molar-refractivity contribution < 1.29 is 24.0 Å². The van der Waals surface area contributed by atoms with Gasteiger partial charge in [0.1, 0.15) is 35.9 Å². The molecule has 0 spiro atoms. The quantitative estimate of drug-likeness (QED) is 0.734. The van der Waals surface area contributed by atoms with Crippen molar-refractivity contribution in [2.75, 3.05) is 32.1 Å². The van der Waals surface area contributed by atoms with Crippen LogP contribution in [0.2, 0.25) is 0 Å². The molecule has 2 heterocycles. The summed E-state index contributed by atoms with van der Waals surface area (Å²) >= 11 is 1.35. The van der Waals surface area contributed by atoms with Crippen molar-refractivity contribution in [2.45, 2.75) is 39.9 Å². The van der Waals surface area contributed by atoms with Gasteiger partial charge in [0.05, 0.1) is 7.11 Å². The average molecular weight is 418 g/mol. The highest BCUT2D eigenvalue weighted by molar-refractivity contribution is 7.15. The number of hydrogen-bond donors (Lipinski definition) is 2. The van der Waals surface area contributed by atoms with E-state index in [0.29, 0.717) is 17.1 Å². The molecule has 3 rings (SSSR count). The van der Waals surface area contributed by atoms with Gasteiger partial charge in [-0.05, 0) is 44.4 Å². The molecule has 7 heteroatoms. The summed E-state index contributed by atoms with van der Waals surface area (Å²) in [6.07, 6.45) is 0.260. The van der Waals surface area contributed by atoms with Gasteiger partial charge in [-0.25, -0.2) is 4.79 Å². The number of benzene rings is 1. The van der Waals surface area contributed by atoms with Crippen molar-refractivity contribution in [3.05, 3.63) is 40.3 Å². The van der Waals surface area contributed by atoms with Gasteiger partial charge in [0.15, 0.2) is 6.54 Å². The summed E-state index contributed by atoms with van der Waals surface area (Å²) in [6.45, 7) is 10.1. The summed E-state index contributed by atoms with van der Waals surface area (Å²) in [5, 5.41) is 5.37. The number of carbonyl (C=O) groups excluding carboxylic acids is 2. The second-order valence-electron chi connectivity index (χ2n) is 7.78. The molecule has 1 fully saturated rings. The van der Waals surface area contributed by atoms with Crippen molar-refractivity contribution in [1.29, 1.82) is 0 Å². The number of carbonyl (C=O) groups is 2. The molecular formula is C22H29N2O4S+. The smallest absolute Gasteiger partial charge is 0.341 e. The maximum atomic E-state index is 12.7. The average Bonchev–Trinajstić information content (AvgIpc) is 3.05. The van der Waals surface area contributed by atoms with E-state index in [4.69, 9.17) is 9.47 Å². The van der Waals surface area contributed by atoms with Gasteiger partial charge in [0.2, 0.25) is 0 Å². The van der Waals surface area contributed by atoms with E-state index in [-0.39, 0.29) is 18.1 Å². The normalized spacial score (nSPS) is 21.6. The van der Waals surface area contributed by atoms with Crippen LogP contribution < -0.4 is 10.2 Å². The minimum Gasteiger partial charge on any atom is -0.465 e. The van der Waals surface area contributed by atoms with E-state index < -0.39 is 5.97 Å². The first-order valence-electron chi connectivity index (χ1n) is 9.84. The molecule has 29 heavy (non-hydrogen) atoms. The van der Waals surface area contributed by atoms with Crippen molar-refractivity contribution >= 4 is 28.2 Å². The number of thiophene rings is 1. The molecule has 2 atom stereocenters. The Morgan fingerprint density at radius 1 is 1.21 bits per heavy atom. The second kappa shape index (κ2) is 9.07.